The van der Waals surface area contributed by atoms with Gasteiger partial charge in [-0.1, -0.05) is 0 Å². The van der Waals surface area contributed by atoms with Gasteiger partial charge in [0.25, 0.3) is 0 Å². The Kier molecular flexibility index (Phi) is 3.64. The number of Topliss-reactive ketones (excluding diaryl/α,β-unsaturated/α-hetero) is 1. The second kappa shape index (κ2) is 4.00. The van der Waals surface area contributed by atoms with Crippen molar-refractivity contribution >= 4 is 11.8 Å². The molecule has 0 saturated heterocycles. The van der Waals surface area contributed by atoms with Gasteiger partial charge in [0.2, 0.25) is 0 Å². The number of rotatable bonds is 4. The Morgan fingerprint density at radius 1 is 1.40 bits per heavy atom. The van der Waals surface area contributed by atoms with Gasteiger partial charge in [0.15, 0.2) is 5.78 Å². The number of hydrogen-bond acceptors (Lipinski definition) is 3. The highest BCUT2D eigenvalue weighted by molar-refractivity contribution is 5.85. The topological polar surface area (TPSA) is 74.6 Å². The monoisotopic (exact) mass is 146 g/mol. The summed E-state index contributed by atoms with van der Waals surface area (Å²) in [6, 6.07) is 0. The molecule has 0 aromatic carbocycles. The van der Waals surface area contributed by atoms with Crippen LogP contribution in [0, 0.1) is 0 Å². The molecule has 0 aliphatic heterocycles. The first kappa shape index (κ1) is 9.10. The van der Waals surface area contributed by atoms with E-state index < -0.39 is 17.9 Å². The first-order chi connectivity index (χ1) is 4.54. The van der Waals surface area contributed by atoms with E-state index in [1.54, 1.807) is 0 Å². The maximum Gasteiger partial charge on any atom is 0.303 e. The molecule has 0 aliphatic carbocycles. The quantitative estimate of drug-likeness (QED) is 0.576. The van der Waals surface area contributed by atoms with Gasteiger partial charge in [0.1, 0.15) is 6.10 Å². The number of carboxylic acids is 1. The van der Waals surface area contributed by atoms with Crippen LogP contribution in [0.2, 0.25) is 0 Å². The van der Waals surface area contributed by atoms with Crippen molar-refractivity contribution < 1.29 is 19.8 Å². The molecular weight excluding hydrogens is 136 g/mol. The van der Waals surface area contributed by atoms with Gasteiger partial charge in [0, 0.05) is 6.42 Å². The highest BCUT2D eigenvalue weighted by Crippen LogP contribution is 1.94. The molecule has 10 heavy (non-hydrogen) atoms. The van der Waals surface area contributed by atoms with Gasteiger partial charge in [-0.05, 0) is 6.92 Å². The Bertz CT molecular complexity index is 139. The molecule has 0 amide bonds. The molecule has 0 spiro atoms. The van der Waals surface area contributed by atoms with E-state index in [4.69, 9.17) is 10.2 Å². The van der Waals surface area contributed by atoms with Crippen molar-refractivity contribution in [3.8, 4) is 0 Å². The summed E-state index contributed by atoms with van der Waals surface area (Å²) < 4.78 is 0. The second-order valence-electron chi connectivity index (χ2n) is 2.04. The van der Waals surface area contributed by atoms with Crippen LogP contribution in [0.25, 0.3) is 0 Å². The molecule has 0 heterocycles. The maximum absolute atomic E-state index is 10.5. The molecule has 0 unspecified atom stereocenters. The van der Waals surface area contributed by atoms with Crippen LogP contribution < -0.4 is 0 Å². The number of aliphatic hydroxyl groups excluding tert-OH is 1. The largest absolute Gasteiger partial charge is 0.481 e. The second-order valence-corrected chi connectivity index (χ2v) is 2.04. The lowest BCUT2D eigenvalue weighted by molar-refractivity contribution is -0.139. The Balaban J connectivity index is 3.50. The van der Waals surface area contributed by atoms with E-state index in [-0.39, 0.29) is 12.8 Å². The van der Waals surface area contributed by atoms with Crippen LogP contribution in [0.4, 0.5) is 0 Å². The summed E-state index contributed by atoms with van der Waals surface area (Å²) in [5.74, 6) is -1.45. The van der Waals surface area contributed by atoms with E-state index in [0.717, 1.165) is 0 Å². The summed E-state index contributed by atoms with van der Waals surface area (Å²) in [7, 11) is 0. The van der Waals surface area contributed by atoms with Crippen molar-refractivity contribution in [2.75, 3.05) is 0 Å². The van der Waals surface area contributed by atoms with E-state index in [0.29, 0.717) is 0 Å². The van der Waals surface area contributed by atoms with E-state index in [1.807, 2.05) is 0 Å². The van der Waals surface area contributed by atoms with Gasteiger partial charge in [-0.15, -0.1) is 0 Å². The van der Waals surface area contributed by atoms with Crippen molar-refractivity contribution in [2.45, 2.75) is 25.9 Å². The Labute approximate surface area is 58.5 Å². The highest BCUT2D eigenvalue weighted by Gasteiger charge is 2.09. The third kappa shape index (κ3) is 4.03. The summed E-state index contributed by atoms with van der Waals surface area (Å²) in [6.45, 7) is 1.32. The zero-order chi connectivity index (χ0) is 8.15. The molecule has 58 valence electrons. The van der Waals surface area contributed by atoms with Crippen LogP contribution in [0.5, 0.6) is 0 Å². The van der Waals surface area contributed by atoms with Gasteiger partial charge in [-0.3, -0.25) is 9.59 Å². The molecule has 2 N–H and O–H groups in total. The van der Waals surface area contributed by atoms with Gasteiger partial charge in [-0.25, -0.2) is 0 Å². The zero-order valence-corrected chi connectivity index (χ0v) is 5.70. The Morgan fingerprint density at radius 2 is 1.90 bits per heavy atom. The van der Waals surface area contributed by atoms with E-state index >= 15 is 0 Å². The normalized spacial score (nSPS) is 12.6. The molecule has 0 bridgehead atoms. The fourth-order valence-electron chi connectivity index (χ4n) is 0.439. The first-order valence-corrected chi connectivity index (χ1v) is 2.96. The minimum Gasteiger partial charge on any atom is -0.481 e. The van der Waals surface area contributed by atoms with E-state index in [9.17, 15) is 9.59 Å². The van der Waals surface area contributed by atoms with Gasteiger partial charge in [0.05, 0.1) is 6.42 Å². The third-order valence-electron chi connectivity index (χ3n) is 1.05. The average molecular weight is 146 g/mol. The smallest absolute Gasteiger partial charge is 0.303 e. The number of hydrogen-bond donors (Lipinski definition) is 2. The summed E-state index contributed by atoms with van der Waals surface area (Å²) in [5.41, 5.74) is 0. The minimum atomic E-state index is -1.04. The fourth-order valence-corrected chi connectivity index (χ4v) is 0.439. The standard InChI is InChI=1S/C6H10O4/c1-4(7)5(8)2-3-6(9)10/h4,7H,2-3H2,1H3,(H,9,10)/t4-/m1/s1. The van der Waals surface area contributed by atoms with Crippen LogP contribution in [0.3, 0.4) is 0 Å². The van der Waals surface area contributed by atoms with Crippen molar-refractivity contribution in [1.82, 2.24) is 0 Å². The summed E-state index contributed by atoms with van der Waals surface area (Å²) in [5, 5.41) is 16.7. The number of carboxylic acid groups (broad SMARTS) is 1. The van der Waals surface area contributed by atoms with Crippen molar-refractivity contribution in [1.29, 1.82) is 0 Å². The predicted octanol–water partition coefficient (Wildman–Crippen LogP) is -0.199. The average Bonchev–Trinajstić information content (AvgIpc) is 1.82. The van der Waals surface area contributed by atoms with Crippen molar-refractivity contribution in [2.24, 2.45) is 0 Å². The number of aliphatic carboxylic acids is 1. The summed E-state index contributed by atoms with van der Waals surface area (Å²) in [4.78, 5) is 20.4. The van der Waals surface area contributed by atoms with E-state index in [2.05, 4.69) is 0 Å². The third-order valence-corrected chi connectivity index (χ3v) is 1.05. The van der Waals surface area contributed by atoms with Gasteiger partial charge >= 0.3 is 5.97 Å². The maximum atomic E-state index is 10.5. The molecule has 0 saturated carbocycles. The van der Waals surface area contributed by atoms with Crippen LogP contribution in [0.1, 0.15) is 19.8 Å². The number of carbonyl (C=O) groups is 2. The van der Waals surface area contributed by atoms with Crippen molar-refractivity contribution in [3.63, 3.8) is 0 Å². The van der Waals surface area contributed by atoms with Crippen LogP contribution in [0.15, 0.2) is 0 Å². The summed E-state index contributed by atoms with van der Waals surface area (Å²) in [6.07, 6.45) is -1.34. The molecule has 1 atom stereocenters. The molecule has 4 nitrogen and oxygen atoms in total. The SMILES string of the molecule is C[C@@H](O)C(=O)CCC(=O)O. The molecule has 0 fully saturated rings. The zero-order valence-electron chi connectivity index (χ0n) is 5.70. The van der Waals surface area contributed by atoms with Gasteiger partial charge < -0.3 is 10.2 Å². The van der Waals surface area contributed by atoms with Crippen LogP contribution in [-0.4, -0.2) is 28.1 Å². The van der Waals surface area contributed by atoms with Gasteiger partial charge in [-0.2, -0.15) is 0 Å². The number of aliphatic hydroxyl groups is 1. The molecule has 0 radical (unpaired) electrons. The van der Waals surface area contributed by atoms with Crippen LogP contribution >= 0.6 is 0 Å². The fraction of sp³-hybridized carbons (Fsp3) is 0.667. The lowest BCUT2D eigenvalue weighted by Gasteiger charge is -1.99. The number of carbonyl (C=O) groups excluding carboxylic acids is 1. The highest BCUT2D eigenvalue weighted by atomic mass is 16.4. The Morgan fingerprint density at radius 3 is 2.20 bits per heavy atom. The molecule has 0 aromatic rings. The summed E-state index contributed by atoms with van der Waals surface area (Å²) >= 11 is 0. The molecule has 0 rings (SSSR count). The predicted molar refractivity (Wildman–Crippen MR) is 33.6 cm³/mol. The molecular formula is C6H10O4. The minimum absolute atomic E-state index is 0.0903. The van der Waals surface area contributed by atoms with Crippen LogP contribution in [-0.2, 0) is 9.59 Å². The van der Waals surface area contributed by atoms with Crippen molar-refractivity contribution in [3.05, 3.63) is 0 Å². The molecule has 4 heteroatoms. The Hall–Kier alpha value is -0.900. The first-order valence-electron chi connectivity index (χ1n) is 2.96. The number of ketones is 1. The molecule has 0 aromatic heterocycles. The lowest BCUT2D eigenvalue weighted by atomic mass is 10.1. The lowest BCUT2D eigenvalue weighted by Crippen LogP contribution is -2.16. The molecule has 0 aliphatic rings. The van der Waals surface area contributed by atoms with E-state index in [1.165, 1.54) is 6.92 Å².